The normalized spacial score (nSPS) is 16.9. The average molecular weight is 291 g/mol. The van der Waals surface area contributed by atoms with Crippen LogP contribution in [0.25, 0.3) is 0 Å². The number of anilines is 1. The minimum atomic E-state index is -2.81. The van der Waals surface area contributed by atoms with Gasteiger partial charge in [-0.25, -0.2) is 0 Å². The maximum absolute atomic E-state index is 12.1. The van der Waals surface area contributed by atoms with Crippen LogP contribution in [0.5, 0.6) is 11.5 Å². The third-order valence-corrected chi connectivity index (χ3v) is 3.45. The Labute approximate surface area is 121 Å². The van der Waals surface area contributed by atoms with Crippen LogP contribution in [0.15, 0.2) is 42.5 Å². The smallest absolute Gasteiger partial charge is 0.387 e. The van der Waals surface area contributed by atoms with Gasteiger partial charge in [0.1, 0.15) is 17.6 Å². The highest BCUT2D eigenvalue weighted by Crippen LogP contribution is 2.36. The molecule has 21 heavy (non-hydrogen) atoms. The van der Waals surface area contributed by atoms with E-state index in [1.54, 1.807) is 12.1 Å². The summed E-state index contributed by atoms with van der Waals surface area (Å²) in [5, 5.41) is 3.35. The molecule has 5 heteroatoms. The van der Waals surface area contributed by atoms with E-state index in [-0.39, 0.29) is 11.9 Å². The molecule has 1 N–H and O–H groups in total. The first-order valence-corrected chi connectivity index (χ1v) is 6.68. The number of aryl methyl sites for hydroxylation is 1. The van der Waals surface area contributed by atoms with Crippen LogP contribution in [0.2, 0.25) is 0 Å². The average Bonchev–Trinajstić information content (AvgIpc) is 2.47. The van der Waals surface area contributed by atoms with Gasteiger partial charge in [0.15, 0.2) is 0 Å². The summed E-state index contributed by atoms with van der Waals surface area (Å²) in [7, 11) is 0. The van der Waals surface area contributed by atoms with Crippen molar-refractivity contribution in [2.24, 2.45) is 0 Å². The first kappa shape index (κ1) is 13.7. The minimum Gasteiger partial charge on any atom is -0.482 e. The van der Waals surface area contributed by atoms with Crippen molar-refractivity contribution < 1.29 is 18.3 Å². The molecule has 3 nitrogen and oxygen atoms in total. The van der Waals surface area contributed by atoms with Crippen LogP contribution >= 0.6 is 0 Å². The van der Waals surface area contributed by atoms with Gasteiger partial charge < -0.3 is 14.8 Å². The Morgan fingerprint density at radius 1 is 1.19 bits per heavy atom. The van der Waals surface area contributed by atoms with Gasteiger partial charge in [0.2, 0.25) is 0 Å². The van der Waals surface area contributed by atoms with Gasteiger partial charge in [0.25, 0.3) is 0 Å². The molecule has 0 spiro atoms. The van der Waals surface area contributed by atoms with Crippen molar-refractivity contribution in [3.05, 3.63) is 53.6 Å². The van der Waals surface area contributed by atoms with E-state index in [0.717, 1.165) is 22.6 Å². The maximum atomic E-state index is 12.1. The Kier molecular flexibility index (Phi) is 3.64. The van der Waals surface area contributed by atoms with Crippen molar-refractivity contribution in [1.82, 2.24) is 0 Å². The molecule has 0 aliphatic carbocycles. The van der Waals surface area contributed by atoms with Gasteiger partial charge in [-0.15, -0.1) is 0 Å². The van der Waals surface area contributed by atoms with Crippen molar-refractivity contribution in [3.63, 3.8) is 0 Å². The Bertz CT molecular complexity index is 629. The lowest BCUT2D eigenvalue weighted by Crippen LogP contribution is -2.24. The molecule has 1 heterocycles. The third kappa shape index (κ3) is 2.91. The van der Waals surface area contributed by atoms with Crippen molar-refractivity contribution in [1.29, 1.82) is 0 Å². The number of hydrogen-bond acceptors (Lipinski definition) is 3. The molecule has 0 amide bonds. The van der Waals surface area contributed by atoms with E-state index in [4.69, 9.17) is 4.74 Å². The fraction of sp³-hybridized carbons (Fsp3) is 0.250. The van der Waals surface area contributed by atoms with E-state index < -0.39 is 6.61 Å². The summed E-state index contributed by atoms with van der Waals surface area (Å²) in [5.41, 5.74) is 3.05. The van der Waals surface area contributed by atoms with Crippen molar-refractivity contribution in [2.45, 2.75) is 19.6 Å². The van der Waals surface area contributed by atoms with Gasteiger partial charge in [-0.2, -0.15) is 8.78 Å². The predicted octanol–water partition coefficient (Wildman–Crippen LogP) is 4.14. The Morgan fingerprint density at radius 2 is 1.95 bits per heavy atom. The molecule has 0 saturated carbocycles. The van der Waals surface area contributed by atoms with Crippen LogP contribution in [0.1, 0.15) is 17.2 Å². The van der Waals surface area contributed by atoms with Crippen molar-refractivity contribution in [3.8, 4) is 11.5 Å². The molecule has 2 aromatic carbocycles. The number of alkyl halides is 2. The summed E-state index contributed by atoms with van der Waals surface area (Å²) in [6, 6.07) is 12.4. The molecule has 1 unspecified atom stereocenters. The Balaban J connectivity index is 1.77. The predicted molar refractivity (Wildman–Crippen MR) is 76.1 cm³/mol. The van der Waals surface area contributed by atoms with Crippen molar-refractivity contribution in [2.75, 3.05) is 11.9 Å². The minimum absolute atomic E-state index is 0.147. The van der Waals surface area contributed by atoms with Crippen LogP contribution in [0.3, 0.4) is 0 Å². The lowest BCUT2D eigenvalue weighted by Gasteiger charge is -2.28. The first-order chi connectivity index (χ1) is 10.1. The zero-order valence-electron chi connectivity index (χ0n) is 11.5. The molecule has 0 aromatic heterocycles. The molecule has 110 valence electrons. The molecular weight excluding hydrogens is 276 g/mol. The quantitative estimate of drug-likeness (QED) is 0.921. The fourth-order valence-electron chi connectivity index (χ4n) is 2.41. The highest BCUT2D eigenvalue weighted by molar-refractivity contribution is 5.63. The highest BCUT2D eigenvalue weighted by atomic mass is 19.3. The maximum Gasteiger partial charge on any atom is 0.387 e. The number of hydrogen-bond donors (Lipinski definition) is 1. The molecule has 0 saturated heterocycles. The zero-order chi connectivity index (χ0) is 14.8. The van der Waals surface area contributed by atoms with E-state index in [2.05, 4.69) is 10.1 Å². The van der Waals surface area contributed by atoms with Crippen LogP contribution in [-0.2, 0) is 0 Å². The number of rotatable bonds is 3. The standard InChI is InChI=1S/C16H15F2NO2/c1-10-3-2-4-13-15(10)19-9-14(21-13)11-5-7-12(8-6-11)20-16(17)18/h2-8,14,16,19H,9H2,1H3. The van der Waals surface area contributed by atoms with E-state index in [0.29, 0.717) is 6.54 Å². The lowest BCUT2D eigenvalue weighted by molar-refractivity contribution is -0.0498. The summed E-state index contributed by atoms with van der Waals surface area (Å²) in [4.78, 5) is 0. The largest absolute Gasteiger partial charge is 0.482 e. The molecule has 3 rings (SSSR count). The molecule has 1 aliphatic rings. The van der Waals surface area contributed by atoms with Gasteiger partial charge in [0.05, 0.1) is 12.2 Å². The fourth-order valence-corrected chi connectivity index (χ4v) is 2.41. The molecule has 0 fully saturated rings. The number of para-hydroxylation sites is 1. The van der Waals surface area contributed by atoms with Gasteiger partial charge in [-0.3, -0.25) is 0 Å². The second-order valence-electron chi connectivity index (χ2n) is 4.88. The van der Waals surface area contributed by atoms with E-state index >= 15 is 0 Å². The summed E-state index contributed by atoms with van der Waals surface area (Å²) < 4.78 is 34.6. The van der Waals surface area contributed by atoms with E-state index in [1.807, 2.05) is 25.1 Å². The summed E-state index contributed by atoms with van der Waals surface area (Å²) in [6.45, 7) is -0.155. The zero-order valence-corrected chi connectivity index (χ0v) is 11.5. The van der Waals surface area contributed by atoms with Gasteiger partial charge in [-0.1, -0.05) is 24.3 Å². The van der Waals surface area contributed by atoms with Crippen LogP contribution in [0, 0.1) is 6.92 Å². The SMILES string of the molecule is Cc1cccc2c1NCC(c1ccc(OC(F)F)cc1)O2. The Hall–Kier alpha value is -2.30. The second-order valence-corrected chi connectivity index (χ2v) is 4.88. The number of fused-ring (bicyclic) bond motifs is 1. The van der Waals surface area contributed by atoms with Crippen molar-refractivity contribution >= 4 is 5.69 Å². The lowest BCUT2D eigenvalue weighted by atomic mass is 10.1. The summed E-state index contributed by atoms with van der Waals surface area (Å²) in [5.74, 6) is 0.952. The van der Waals surface area contributed by atoms with Crippen LogP contribution in [-0.4, -0.2) is 13.2 Å². The summed E-state index contributed by atoms with van der Waals surface area (Å²) in [6.07, 6.45) is -0.153. The first-order valence-electron chi connectivity index (χ1n) is 6.68. The van der Waals surface area contributed by atoms with Gasteiger partial charge >= 0.3 is 6.61 Å². The van der Waals surface area contributed by atoms with Gasteiger partial charge in [-0.05, 0) is 36.2 Å². The highest BCUT2D eigenvalue weighted by Gasteiger charge is 2.21. The molecule has 1 atom stereocenters. The number of benzene rings is 2. The second kappa shape index (κ2) is 5.60. The number of ether oxygens (including phenoxy) is 2. The number of nitrogens with one attached hydrogen (secondary N) is 1. The monoisotopic (exact) mass is 291 g/mol. The molecule has 1 aliphatic heterocycles. The van der Waals surface area contributed by atoms with Crippen LogP contribution in [0.4, 0.5) is 14.5 Å². The molecule has 2 aromatic rings. The van der Waals surface area contributed by atoms with Crippen LogP contribution < -0.4 is 14.8 Å². The number of halogens is 2. The van der Waals surface area contributed by atoms with E-state index in [9.17, 15) is 8.78 Å². The molecular formula is C16H15F2NO2. The Morgan fingerprint density at radius 3 is 2.67 bits per heavy atom. The molecule has 0 radical (unpaired) electrons. The topological polar surface area (TPSA) is 30.5 Å². The van der Waals surface area contributed by atoms with Gasteiger partial charge in [0, 0.05) is 0 Å². The van der Waals surface area contributed by atoms with E-state index in [1.165, 1.54) is 12.1 Å². The molecule has 0 bridgehead atoms. The summed E-state index contributed by atoms with van der Waals surface area (Å²) >= 11 is 0. The third-order valence-electron chi connectivity index (χ3n) is 3.45.